The number of rotatable bonds is 5. The van der Waals surface area contributed by atoms with Crippen LogP contribution in [0.15, 0.2) is 30.3 Å². The zero-order valence-corrected chi connectivity index (χ0v) is 10.2. The molecule has 0 fully saturated rings. The lowest BCUT2D eigenvalue weighted by atomic mass is 10.2. The third-order valence-corrected chi connectivity index (χ3v) is 2.68. The lowest BCUT2D eigenvalue weighted by Gasteiger charge is -2.20. The van der Waals surface area contributed by atoms with E-state index in [1.54, 1.807) is 4.90 Å². The number of nitrogens with one attached hydrogen (secondary N) is 1. The predicted octanol–water partition coefficient (Wildman–Crippen LogP) is 1.64. The molecule has 1 atom stereocenters. The van der Waals surface area contributed by atoms with Gasteiger partial charge in [-0.25, -0.2) is 0 Å². The van der Waals surface area contributed by atoms with E-state index in [1.165, 1.54) is 5.56 Å². The standard InChI is InChI=1S/C13H20N2O/c1-4-15(3)13(16)11(2)14-10-12-8-6-5-7-9-12/h5-9,11,14H,4,10H2,1-3H3. The fourth-order valence-corrected chi connectivity index (χ4v) is 1.44. The maximum atomic E-state index is 11.8. The monoisotopic (exact) mass is 220 g/mol. The van der Waals surface area contributed by atoms with Crippen LogP contribution in [-0.2, 0) is 11.3 Å². The SMILES string of the molecule is CCN(C)C(=O)C(C)NCc1ccccc1. The maximum Gasteiger partial charge on any atom is 0.239 e. The van der Waals surface area contributed by atoms with Crippen LogP contribution < -0.4 is 5.32 Å². The van der Waals surface area contributed by atoms with Crippen molar-refractivity contribution in [2.45, 2.75) is 26.4 Å². The lowest BCUT2D eigenvalue weighted by molar-refractivity contribution is -0.131. The van der Waals surface area contributed by atoms with E-state index in [9.17, 15) is 4.79 Å². The van der Waals surface area contributed by atoms with Crippen LogP contribution in [0, 0.1) is 0 Å². The van der Waals surface area contributed by atoms with Gasteiger partial charge in [0.15, 0.2) is 0 Å². The summed E-state index contributed by atoms with van der Waals surface area (Å²) in [6, 6.07) is 9.96. The minimum Gasteiger partial charge on any atom is -0.345 e. The van der Waals surface area contributed by atoms with E-state index in [0.717, 1.165) is 13.1 Å². The highest BCUT2D eigenvalue weighted by atomic mass is 16.2. The second-order valence-electron chi connectivity index (χ2n) is 3.94. The Morgan fingerprint density at radius 3 is 2.56 bits per heavy atom. The molecule has 1 amide bonds. The number of carbonyl (C=O) groups is 1. The summed E-state index contributed by atoms with van der Waals surface area (Å²) in [5, 5.41) is 3.22. The van der Waals surface area contributed by atoms with E-state index in [4.69, 9.17) is 0 Å². The Morgan fingerprint density at radius 1 is 1.38 bits per heavy atom. The highest BCUT2D eigenvalue weighted by molar-refractivity contribution is 5.81. The zero-order chi connectivity index (χ0) is 12.0. The van der Waals surface area contributed by atoms with E-state index in [-0.39, 0.29) is 11.9 Å². The highest BCUT2D eigenvalue weighted by Gasteiger charge is 2.14. The Hall–Kier alpha value is -1.35. The fraction of sp³-hybridized carbons (Fsp3) is 0.462. The first-order chi connectivity index (χ1) is 7.65. The number of likely N-dealkylation sites (N-methyl/N-ethyl adjacent to an activating group) is 1. The average Bonchev–Trinajstić information content (AvgIpc) is 2.35. The molecule has 1 rings (SSSR count). The Morgan fingerprint density at radius 2 is 2.00 bits per heavy atom. The van der Waals surface area contributed by atoms with Crippen molar-refractivity contribution in [1.82, 2.24) is 10.2 Å². The van der Waals surface area contributed by atoms with Gasteiger partial charge in [0, 0.05) is 20.1 Å². The Bertz CT molecular complexity index is 324. The molecule has 0 bridgehead atoms. The second-order valence-corrected chi connectivity index (χ2v) is 3.94. The molecule has 88 valence electrons. The van der Waals surface area contributed by atoms with Crippen molar-refractivity contribution < 1.29 is 4.79 Å². The quantitative estimate of drug-likeness (QED) is 0.818. The molecule has 3 nitrogen and oxygen atoms in total. The van der Waals surface area contributed by atoms with Gasteiger partial charge in [-0.1, -0.05) is 30.3 Å². The third-order valence-electron chi connectivity index (χ3n) is 2.68. The largest absolute Gasteiger partial charge is 0.345 e. The van der Waals surface area contributed by atoms with Gasteiger partial charge in [0.1, 0.15) is 0 Å². The number of hydrogen-bond acceptors (Lipinski definition) is 2. The molecule has 0 radical (unpaired) electrons. The van der Waals surface area contributed by atoms with Crippen molar-refractivity contribution in [3.8, 4) is 0 Å². The van der Waals surface area contributed by atoms with Crippen LogP contribution in [0.2, 0.25) is 0 Å². The molecule has 0 saturated heterocycles. The van der Waals surface area contributed by atoms with E-state index in [1.807, 2.05) is 51.2 Å². The molecule has 1 unspecified atom stereocenters. The van der Waals surface area contributed by atoms with Crippen molar-refractivity contribution in [2.75, 3.05) is 13.6 Å². The van der Waals surface area contributed by atoms with Gasteiger partial charge in [0.05, 0.1) is 6.04 Å². The summed E-state index contributed by atoms with van der Waals surface area (Å²) in [4.78, 5) is 13.5. The van der Waals surface area contributed by atoms with Crippen molar-refractivity contribution in [2.24, 2.45) is 0 Å². The van der Waals surface area contributed by atoms with Gasteiger partial charge in [-0.3, -0.25) is 4.79 Å². The van der Waals surface area contributed by atoms with Crippen molar-refractivity contribution >= 4 is 5.91 Å². The van der Waals surface area contributed by atoms with Gasteiger partial charge < -0.3 is 10.2 Å². The Balaban J connectivity index is 2.41. The second kappa shape index (κ2) is 6.28. The molecule has 0 spiro atoms. The summed E-state index contributed by atoms with van der Waals surface area (Å²) in [5.41, 5.74) is 1.20. The van der Waals surface area contributed by atoms with Crippen LogP contribution in [0.5, 0.6) is 0 Å². The summed E-state index contributed by atoms with van der Waals surface area (Å²) in [6.07, 6.45) is 0. The minimum atomic E-state index is -0.134. The van der Waals surface area contributed by atoms with Crippen LogP contribution in [0.1, 0.15) is 19.4 Å². The summed E-state index contributed by atoms with van der Waals surface area (Å²) in [5.74, 6) is 0.137. The van der Waals surface area contributed by atoms with Gasteiger partial charge in [0.2, 0.25) is 5.91 Å². The molecule has 0 aliphatic rings. The first kappa shape index (κ1) is 12.7. The molecular formula is C13H20N2O. The van der Waals surface area contributed by atoms with E-state index in [2.05, 4.69) is 5.32 Å². The number of amides is 1. The summed E-state index contributed by atoms with van der Waals surface area (Å²) >= 11 is 0. The van der Waals surface area contributed by atoms with Crippen LogP contribution in [0.3, 0.4) is 0 Å². The molecular weight excluding hydrogens is 200 g/mol. The Kier molecular flexibility index (Phi) is 4.99. The average molecular weight is 220 g/mol. The minimum absolute atomic E-state index is 0.134. The summed E-state index contributed by atoms with van der Waals surface area (Å²) < 4.78 is 0. The predicted molar refractivity (Wildman–Crippen MR) is 66.1 cm³/mol. The molecule has 1 aromatic rings. The van der Waals surface area contributed by atoms with Crippen LogP contribution in [-0.4, -0.2) is 30.4 Å². The maximum absolute atomic E-state index is 11.8. The molecule has 1 N–H and O–H groups in total. The van der Waals surface area contributed by atoms with Gasteiger partial charge in [-0.15, -0.1) is 0 Å². The molecule has 0 aliphatic carbocycles. The van der Waals surface area contributed by atoms with E-state index >= 15 is 0 Å². The van der Waals surface area contributed by atoms with Gasteiger partial charge in [-0.2, -0.15) is 0 Å². The molecule has 16 heavy (non-hydrogen) atoms. The van der Waals surface area contributed by atoms with E-state index < -0.39 is 0 Å². The smallest absolute Gasteiger partial charge is 0.239 e. The van der Waals surface area contributed by atoms with E-state index in [0.29, 0.717) is 0 Å². The number of nitrogens with zero attached hydrogens (tertiary/aromatic N) is 1. The van der Waals surface area contributed by atoms with Crippen molar-refractivity contribution in [1.29, 1.82) is 0 Å². The van der Waals surface area contributed by atoms with Gasteiger partial charge in [-0.05, 0) is 19.4 Å². The third kappa shape index (κ3) is 3.66. The Labute approximate surface area is 97.5 Å². The molecule has 0 aromatic heterocycles. The number of carbonyl (C=O) groups excluding carboxylic acids is 1. The van der Waals surface area contributed by atoms with Crippen LogP contribution >= 0.6 is 0 Å². The van der Waals surface area contributed by atoms with Crippen LogP contribution in [0.4, 0.5) is 0 Å². The topological polar surface area (TPSA) is 32.3 Å². The summed E-state index contributed by atoms with van der Waals surface area (Å²) in [6.45, 7) is 5.35. The van der Waals surface area contributed by atoms with Crippen molar-refractivity contribution in [3.63, 3.8) is 0 Å². The lowest BCUT2D eigenvalue weighted by Crippen LogP contribution is -2.42. The van der Waals surface area contributed by atoms with Gasteiger partial charge >= 0.3 is 0 Å². The van der Waals surface area contributed by atoms with Gasteiger partial charge in [0.25, 0.3) is 0 Å². The molecule has 0 saturated carbocycles. The fourth-order valence-electron chi connectivity index (χ4n) is 1.44. The molecule has 0 heterocycles. The molecule has 0 aliphatic heterocycles. The first-order valence-electron chi connectivity index (χ1n) is 5.67. The van der Waals surface area contributed by atoms with Crippen molar-refractivity contribution in [3.05, 3.63) is 35.9 Å². The van der Waals surface area contributed by atoms with Crippen LogP contribution in [0.25, 0.3) is 0 Å². The first-order valence-corrected chi connectivity index (χ1v) is 5.67. The zero-order valence-electron chi connectivity index (χ0n) is 10.2. The normalized spacial score (nSPS) is 12.2. The summed E-state index contributed by atoms with van der Waals surface area (Å²) in [7, 11) is 1.82. The molecule has 3 heteroatoms. The molecule has 1 aromatic carbocycles. The number of benzene rings is 1. The number of hydrogen-bond donors (Lipinski definition) is 1. The highest BCUT2D eigenvalue weighted by Crippen LogP contribution is 1.99.